The second kappa shape index (κ2) is 4.07. The molecule has 0 radical (unpaired) electrons. The first kappa shape index (κ1) is 11.5. The highest BCUT2D eigenvalue weighted by Gasteiger charge is 2.26. The van der Waals surface area contributed by atoms with Crippen LogP contribution >= 0.6 is 0 Å². The maximum Gasteiger partial charge on any atom is 0.238 e. The summed E-state index contributed by atoms with van der Waals surface area (Å²) in [6.45, 7) is 3.79. The van der Waals surface area contributed by atoms with E-state index in [1.54, 1.807) is 0 Å². The van der Waals surface area contributed by atoms with Crippen molar-refractivity contribution < 1.29 is 4.68 Å². The lowest BCUT2D eigenvalue weighted by molar-refractivity contribution is -0.743. The number of aryl methyl sites for hydroxylation is 1. The number of hydrogen-bond acceptors (Lipinski definition) is 1. The molecule has 1 aliphatic rings. The van der Waals surface area contributed by atoms with Gasteiger partial charge in [0.25, 0.3) is 0 Å². The monoisotopic (exact) mass is 265 g/mol. The van der Waals surface area contributed by atoms with Gasteiger partial charge in [-0.25, -0.2) is 0 Å². The van der Waals surface area contributed by atoms with E-state index < -0.39 is 0 Å². The zero-order valence-electron chi connectivity index (χ0n) is 11.7. The fourth-order valence-electron chi connectivity index (χ4n) is 3.03. The molecular weight excluding hydrogens is 248 g/mol. The number of rotatable bonds is 1. The topological polar surface area (TPSA) is 26.6 Å². The molecule has 0 atom stereocenters. The van der Waals surface area contributed by atoms with Crippen molar-refractivity contribution in [3.8, 4) is 11.3 Å². The smallest absolute Gasteiger partial charge is 0.238 e. The van der Waals surface area contributed by atoms with Crippen LogP contribution in [-0.4, -0.2) is 14.5 Å². The minimum atomic E-state index is 0.851. The predicted molar refractivity (Wildman–Crippen MR) is 76.2 cm³/mol. The summed E-state index contributed by atoms with van der Waals surface area (Å²) in [5, 5.41) is 4.56. The normalized spacial score (nSPS) is 13.1. The molecule has 20 heavy (non-hydrogen) atoms. The largest absolute Gasteiger partial charge is 0.261 e. The second-order valence-electron chi connectivity index (χ2n) is 5.40. The van der Waals surface area contributed by atoms with Gasteiger partial charge < -0.3 is 0 Å². The van der Waals surface area contributed by atoms with E-state index in [0.717, 1.165) is 18.8 Å². The van der Waals surface area contributed by atoms with Crippen molar-refractivity contribution in [3.63, 3.8) is 0 Å². The molecule has 1 aromatic carbocycles. The first-order valence-electron chi connectivity index (χ1n) is 6.90. The van der Waals surface area contributed by atoms with E-state index >= 15 is 0 Å². The van der Waals surface area contributed by atoms with Crippen molar-refractivity contribution in [2.75, 3.05) is 0 Å². The van der Waals surface area contributed by atoms with Crippen molar-refractivity contribution >= 4 is 0 Å². The minimum Gasteiger partial charge on any atom is -0.261 e. The van der Waals surface area contributed by atoms with Gasteiger partial charge in [-0.3, -0.25) is 4.68 Å². The van der Waals surface area contributed by atoms with E-state index in [0.29, 0.717) is 0 Å². The quantitative estimate of drug-likeness (QED) is 0.483. The Balaban J connectivity index is 1.82. The van der Waals surface area contributed by atoms with E-state index in [9.17, 15) is 0 Å². The zero-order chi connectivity index (χ0) is 13.7. The van der Waals surface area contributed by atoms with Crippen molar-refractivity contribution in [1.29, 1.82) is 0 Å². The third-order valence-electron chi connectivity index (χ3n) is 4.02. The third-order valence-corrected chi connectivity index (χ3v) is 4.02. The summed E-state index contributed by atoms with van der Waals surface area (Å²) >= 11 is 0. The fourth-order valence-corrected chi connectivity index (χ4v) is 3.03. The van der Waals surface area contributed by atoms with Gasteiger partial charge in [0.2, 0.25) is 5.69 Å². The molecule has 0 N–H and O–H groups in total. The highest BCUT2D eigenvalue weighted by atomic mass is 15.4. The van der Waals surface area contributed by atoms with Crippen LogP contribution in [0.4, 0.5) is 0 Å². The molecule has 0 fully saturated rings. The molecular formula is C16H17N4+. The van der Waals surface area contributed by atoms with Crippen LogP contribution in [0.5, 0.6) is 0 Å². The molecule has 2 aromatic heterocycles. The molecule has 0 spiro atoms. The molecule has 1 aliphatic heterocycles. The van der Waals surface area contributed by atoms with Gasteiger partial charge in [-0.1, -0.05) is 18.2 Å². The van der Waals surface area contributed by atoms with Crippen molar-refractivity contribution in [2.45, 2.75) is 20.0 Å². The second-order valence-corrected chi connectivity index (χ2v) is 5.40. The van der Waals surface area contributed by atoms with E-state index in [1.165, 1.54) is 22.6 Å². The van der Waals surface area contributed by atoms with Crippen molar-refractivity contribution in [1.82, 2.24) is 14.5 Å². The summed E-state index contributed by atoms with van der Waals surface area (Å²) in [7, 11) is 2.13. The Kier molecular flexibility index (Phi) is 2.33. The maximum absolute atomic E-state index is 4.56. The lowest BCUT2D eigenvalue weighted by Crippen LogP contribution is -2.43. The molecule has 3 aromatic rings. The number of fused-ring (bicyclic) bond motifs is 2. The van der Waals surface area contributed by atoms with E-state index in [-0.39, 0.29) is 0 Å². The highest BCUT2D eigenvalue weighted by molar-refractivity contribution is 5.56. The van der Waals surface area contributed by atoms with Gasteiger partial charge in [0, 0.05) is 11.6 Å². The Morgan fingerprint density at radius 3 is 2.65 bits per heavy atom. The summed E-state index contributed by atoms with van der Waals surface area (Å²) in [5.74, 6) is 0. The molecule has 0 aliphatic carbocycles. The minimum absolute atomic E-state index is 0.851. The van der Waals surface area contributed by atoms with Gasteiger partial charge in [0.15, 0.2) is 7.05 Å². The Labute approximate surface area is 117 Å². The summed E-state index contributed by atoms with van der Waals surface area (Å²) in [5.41, 5.74) is 6.19. The van der Waals surface area contributed by atoms with Crippen LogP contribution < -0.4 is 4.68 Å². The molecule has 4 nitrogen and oxygen atoms in total. The van der Waals surface area contributed by atoms with Crippen LogP contribution in [0.2, 0.25) is 0 Å². The number of hydrogen-bond donors (Lipinski definition) is 0. The Morgan fingerprint density at radius 2 is 1.85 bits per heavy atom. The first-order chi connectivity index (χ1) is 9.72. The van der Waals surface area contributed by atoms with Gasteiger partial charge in [0.05, 0.1) is 17.9 Å². The van der Waals surface area contributed by atoms with Crippen LogP contribution in [-0.2, 0) is 20.1 Å². The average Bonchev–Trinajstić information content (AvgIpc) is 2.97. The predicted octanol–water partition coefficient (Wildman–Crippen LogP) is 1.89. The lowest BCUT2D eigenvalue weighted by atomic mass is 10.1. The Morgan fingerprint density at radius 1 is 1.05 bits per heavy atom. The first-order valence-corrected chi connectivity index (χ1v) is 6.90. The van der Waals surface area contributed by atoms with Crippen LogP contribution in [0.15, 0.2) is 42.5 Å². The molecule has 0 unspecified atom stereocenters. The summed E-state index contributed by atoms with van der Waals surface area (Å²) in [6, 6.07) is 15.0. The molecule has 4 heteroatoms. The zero-order valence-corrected chi connectivity index (χ0v) is 11.7. The molecule has 100 valence electrons. The van der Waals surface area contributed by atoms with Gasteiger partial charge in [-0.2, -0.15) is 5.10 Å². The summed E-state index contributed by atoms with van der Waals surface area (Å²) < 4.78 is 6.69. The number of benzene rings is 1. The Hall–Kier alpha value is -2.36. The van der Waals surface area contributed by atoms with E-state index in [4.69, 9.17) is 0 Å². The van der Waals surface area contributed by atoms with Crippen LogP contribution in [0.25, 0.3) is 11.3 Å². The van der Waals surface area contributed by atoms with Gasteiger partial charge in [0.1, 0.15) is 12.2 Å². The van der Waals surface area contributed by atoms with Gasteiger partial charge in [-0.15, -0.1) is 9.36 Å². The third kappa shape index (κ3) is 1.61. The molecule has 4 rings (SSSR count). The van der Waals surface area contributed by atoms with Crippen molar-refractivity contribution in [3.05, 3.63) is 59.5 Å². The molecule has 0 saturated carbocycles. The van der Waals surface area contributed by atoms with E-state index in [1.807, 2.05) is 0 Å². The summed E-state index contributed by atoms with van der Waals surface area (Å²) in [6.07, 6.45) is 0. The number of aromatic nitrogens is 4. The van der Waals surface area contributed by atoms with Gasteiger partial charge >= 0.3 is 0 Å². The average molecular weight is 265 g/mol. The van der Waals surface area contributed by atoms with Crippen LogP contribution in [0.3, 0.4) is 0 Å². The standard InChI is InChI=1S/C16H17N4/c1-12-8-14-11-20-15(10-19(14)17-12)9-16(18(20)2)13-6-4-3-5-7-13/h3-9H,10-11H2,1-2H3/q+1. The molecule has 3 heterocycles. The molecule has 0 saturated heterocycles. The highest BCUT2D eigenvalue weighted by Crippen LogP contribution is 2.21. The van der Waals surface area contributed by atoms with Crippen LogP contribution in [0, 0.1) is 6.92 Å². The van der Waals surface area contributed by atoms with Gasteiger partial charge in [-0.05, 0) is 25.1 Å². The van der Waals surface area contributed by atoms with E-state index in [2.05, 4.69) is 75.6 Å². The Bertz CT molecular complexity index is 780. The maximum atomic E-state index is 4.56. The van der Waals surface area contributed by atoms with Crippen LogP contribution in [0.1, 0.15) is 17.1 Å². The number of nitrogens with zero attached hydrogens (tertiary/aromatic N) is 4. The lowest BCUT2D eigenvalue weighted by Gasteiger charge is -2.14. The molecule has 0 amide bonds. The fraction of sp³-hybridized carbons (Fsp3) is 0.250. The summed E-state index contributed by atoms with van der Waals surface area (Å²) in [4.78, 5) is 0. The van der Waals surface area contributed by atoms with Crippen molar-refractivity contribution in [2.24, 2.45) is 7.05 Å². The SMILES string of the molecule is Cc1cc2n(n1)Cc1cc(-c3ccccc3)[n+](C)n1C2. The molecule has 0 bridgehead atoms.